The average Bonchev–Trinajstić information content (AvgIpc) is 3.00. The summed E-state index contributed by atoms with van der Waals surface area (Å²) in [6.45, 7) is 1.00. The third-order valence-corrected chi connectivity index (χ3v) is 5.28. The van der Waals surface area contributed by atoms with E-state index in [4.69, 9.17) is 5.11 Å². The number of sulfonamides is 1. The molecule has 0 saturated carbocycles. The fraction of sp³-hybridized carbons (Fsp3) is 0.500. The van der Waals surface area contributed by atoms with Crippen LogP contribution in [0.2, 0.25) is 0 Å². The summed E-state index contributed by atoms with van der Waals surface area (Å²) in [4.78, 5) is 2.40. The van der Waals surface area contributed by atoms with Gasteiger partial charge in [-0.15, -0.1) is 4.40 Å². The van der Waals surface area contributed by atoms with Crippen molar-refractivity contribution in [2.24, 2.45) is 4.40 Å². The Morgan fingerprint density at radius 1 is 1.35 bits per heavy atom. The lowest BCUT2D eigenvalue weighted by Crippen LogP contribution is -2.35. The van der Waals surface area contributed by atoms with Gasteiger partial charge in [-0.3, -0.25) is 0 Å². The van der Waals surface area contributed by atoms with Crippen LogP contribution in [0.25, 0.3) is 0 Å². The lowest BCUT2D eigenvalue weighted by molar-refractivity contribution is 0.262. The summed E-state index contributed by atoms with van der Waals surface area (Å²) in [5, 5.41) is 8.97. The molecule has 0 bridgehead atoms. The van der Waals surface area contributed by atoms with E-state index in [9.17, 15) is 8.42 Å². The van der Waals surface area contributed by atoms with Crippen molar-refractivity contribution < 1.29 is 13.5 Å². The first-order valence-corrected chi connectivity index (χ1v) is 8.39. The van der Waals surface area contributed by atoms with E-state index in [-0.39, 0.29) is 12.6 Å². The Balaban J connectivity index is 1.95. The minimum Gasteiger partial charge on any atom is -0.396 e. The zero-order valence-corrected chi connectivity index (χ0v) is 12.0. The van der Waals surface area contributed by atoms with E-state index in [0.717, 1.165) is 32.2 Å². The molecule has 1 aromatic carbocycles. The van der Waals surface area contributed by atoms with E-state index in [1.54, 1.807) is 12.1 Å². The fourth-order valence-electron chi connectivity index (χ4n) is 3.04. The van der Waals surface area contributed by atoms with Crippen molar-refractivity contribution in [1.82, 2.24) is 4.90 Å². The maximum Gasteiger partial charge on any atom is 0.285 e. The van der Waals surface area contributed by atoms with Gasteiger partial charge in [0, 0.05) is 24.8 Å². The molecule has 2 aliphatic heterocycles. The topological polar surface area (TPSA) is 70.0 Å². The Morgan fingerprint density at radius 3 is 2.95 bits per heavy atom. The number of fused-ring (bicyclic) bond motifs is 1. The molecule has 0 aromatic heterocycles. The van der Waals surface area contributed by atoms with Crippen molar-refractivity contribution in [3.63, 3.8) is 0 Å². The Kier molecular flexibility index (Phi) is 3.52. The second-order valence-electron chi connectivity index (χ2n) is 5.24. The van der Waals surface area contributed by atoms with Crippen molar-refractivity contribution in [3.05, 3.63) is 29.8 Å². The SMILES string of the molecule is O=S1(=O)N=C(N2CCCC2CCCO)c2ccccc21. The quantitative estimate of drug-likeness (QED) is 0.914. The molecule has 5 nitrogen and oxygen atoms in total. The van der Waals surface area contributed by atoms with E-state index >= 15 is 0 Å². The molecule has 1 aromatic rings. The van der Waals surface area contributed by atoms with E-state index in [1.165, 1.54) is 0 Å². The standard InChI is InChI=1S/C14H18N2O3S/c17-10-4-6-11-5-3-9-16(11)14-12-7-1-2-8-13(12)20(18,19)15-14/h1-2,7-8,11,17H,3-6,9-10H2. The molecule has 1 saturated heterocycles. The first-order chi connectivity index (χ1) is 9.63. The van der Waals surface area contributed by atoms with Gasteiger partial charge in [-0.05, 0) is 37.8 Å². The number of aliphatic hydroxyl groups excluding tert-OH is 1. The van der Waals surface area contributed by atoms with Gasteiger partial charge in [-0.2, -0.15) is 8.42 Å². The van der Waals surface area contributed by atoms with Crippen LogP contribution < -0.4 is 0 Å². The van der Waals surface area contributed by atoms with Gasteiger partial charge in [-0.25, -0.2) is 0 Å². The zero-order valence-electron chi connectivity index (χ0n) is 11.2. The van der Waals surface area contributed by atoms with Gasteiger partial charge in [0.2, 0.25) is 0 Å². The minimum atomic E-state index is -3.54. The molecular weight excluding hydrogens is 276 g/mol. The molecule has 0 radical (unpaired) electrons. The number of likely N-dealkylation sites (tertiary alicyclic amines) is 1. The number of rotatable bonds is 3. The summed E-state index contributed by atoms with van der Waals surface area (Å²) in [5.74, 6) is 0.584. The molecule has 1 atom stereocenters. The predicted octanol–water partition coefficient (Wildman–Crippen LogP) is 1.37. The van der Waals surface area contributed by atoms with Crippen LogP contribution in [0.15, 0.2) is 33.6 Å². The molecule has 108 valence electrons. The summed E-state index contributed by atoms with van der Waals surface area (Å²) in [6.07, 6.45) is 3.68. The Morgan fingerprint density at radius 2 is 2.15 bits per heavy atom. The fourth-order valence-corrected chi connectivity index (χ4v) is 4.25. The van der Waals surface area contributed by atoms with Gasteiger partial charge in [0.1, 0.15) is 4.90 Å². The van der Waals surface area contributed by atoms with Crippen LogP contribution in [0.3, 0.4) is 0 Å². The van der Waals surface area contributed by atoms with E-state index in [0.29, 0.717) is 16.3 Å². The highest BCUT2D eigenvalue weighted by molar-refractivity contribution is 7.90. The van der Waals surface area contributed by atoms with Crippen molar-refractivity contribution in [3.8, 4) is 0 Å². The summed E-state index contributed by atoms with van der Waals surface area (Å²) in [5.41, 5.74) is 0.711. The van der Waals surface area contributed by atoms with Gasteiger partial charge in [0.25, 0.3) is 10.0 Å². The molecule has 2 heterocycles. The normalized spacial score (nSPS) is 23.8. The molecule has 1 unspecified atom stereocenters. The minimum absolute atomic E-state index is 0.172. The van der Waals surface area contributed by atoms with E-state index in [2.05, 4.69) is 9.30 Å². The number of hydrogen-bond acceptors (Lipinski definition) is 4. The van der Waals surface area contributed by atoms with Gasteiger partial charge < -0.3 is 10.0 Å². The zero-order chi connectivity index (χ0) is 14.2. The van der Waals surface area contributed by atoms with Crippen LogP contribution in [0.5, 0.6) is 0 Å². The van der Waals surface area contributed by atoms with Crippen LogP contribution in [0.4, 0.5) is 0 Å². The van der Waals surface area contributed by atoms with E-state index < -0.39 is 10.0 Å². The highest BCUT2D eigenvalue weighted by Gasteiger charge is 2.35. The van der Waals surface area contributed by atoms with Crippen molar-refractivity contribution in [1.29, 1.82) is 0 Å². The smallest absolute Gasteiger partial charge is 0.285 e. The van der Waals surface area contributed by atoms with Crippen LogP contribution in [-0.2, 0) is 10.0 Å². The van der Waals surface area contributed by atoms with Crippen LogP contribution in [0, 0.1) is 0 Å². The number of benzene rings is 1. The van der Waals surface area contributed by atoms with Crippen LogP contribution in [0.1, 0.15) is 31.2 Å². The average molecular weight is 294 g/mol. The molecular formula is C14H18N2O3S. The molecule has 0 amide bonds. The number of hydrogen-bond donors (Lipinski definition) is 1. The van der Waals surface area contributed by atoms with Gasteiger partial charge >= 0.3 is 0 Å². The highest BCUT2D eigenvalue weighted by atomic mass is 32.2. The van der Waals surface area contributed by atoms with E-state index in [1.807, 2.05) is 12.1 Å². The van der Waals surface area contributed by atoms with Crippen molar-refractivity contribution in [2.75, 3.05) is 13.2 Å². The third kappa shape index (κ3) is 2.23. The highest BCUT2D eigenvalue weighted by Crippen LogP contribution is 2.32. The van der Waals surface area contributed by atoms with Crippen LogP contribution >= 0.6 is 0 Å². The molecule has 2 aliphatic rings. The van der Waals surface area contributed by atoms with Crippen LogP contribution in [-0.4, -0.2) is 43.5 Å². The summed E-state index contributed by atoms with van der Waals surface area (Å²) < 4.78 is 28.2. The molecule has 20 heavy (non-hydrogen) atoms. The lowest BCUT2D eigenvalue weighted by Gasteiger charge is -2.26. The second-order valence-corrected chi connectivity index (χ2v) is 6.81. The molecule has 0 aliphatic carbocycles. The second kappa shape index (κ2) is 5.18. The monoisotopic (exact) mass is 294 g/mol. The van der Waals surface area contributed by atoms with Gasteiger partial charge in [0.05, 0.1) is 0 Å². The van der Waals surface area contributed by atoms with Gasteiger partial charge in [0.15, 0.2) is 5.84 Å². The first kappa shape index (κ1) is 13.6. The maximum atomic E-state index is 12.1. The Bertz CT molecular complexity index is 640. The lowest BCUT2D eigenvalue weighted by atomic mass is 10.1. The predicted molar refractivity (Wildman–Crippen MR) is 76.2 cm³/mol. The Labute approximate surface area is 119 Å². The first-order valence-electron chi connectivity index (χ1n) is 6.95. The molecule has 6 heteroatoms. The molecule has 1 N–H and O–H groups in total. The number of nitrogens with zero attached hydrogens (tertiary/aromatic N) is 2. The summed E-state index contributed by atoms with van der Waals surface area (Å²) in [6, 6.07) is 7.28. The Hall–Kier alpha value is -1.40. The largest absolute Gasteiger partial charge is 0.396 e. The van der Waals surface area contributed by atoms with Crippen molar-refractivity contribution >= 4 is 15.9 Å². The maximum absolute atomic E-state index is 12.1. The molecule has 1 fully saturated rings. The summed E-state index contributed by atoms with van der Waals surface area (Å²) in [7, 11) is -3.54. The van der Waals surface area contributed by atoms with Crippen molar-refractivity contribution in [2.45, 2.75) is 36.6 Å². The van der Waals surface area contributed by atoms with Gasteiger partial charge in [-0.1, -0.05) is 12.1 Å². The molecule has 0 spiro atoms. The number of amidine groups is 1. The number of aliphatic hydroxyl groups is 1. The summed E-state index contributed by atoms with van der Waals surface area (Å²) >= 11 is 0. The molecule has 3 rings (SSSR count). The third-order valence-electron chi connectivity index (χ3n) is 3.96.